The standard InChI is InChI=1S/C14H21F3/c1-9(2)10-7-6-8-11(12(10)15)14(16,17)13(3,4)5/h7,9H,6,8H2,1-5H3. The Morgan fingerprint density at radius 2 is 1.71 bits per heavy atom. The summed E-state index contributed by atoms with van der Waals surface area (Å²) in [6.45, 7) is 7.98. The van der Waals surface area contributed by atoms with Crippen molar-refractivity contribution in [2.24, 2.45) is 11.3 Å². The number of rotatable bonds is 2. The van der Waals surface area contributed by atoms with Gasteiger partial charge in [-0.1, -0.05) is 40.7 Å². The fourth-order valence-corrected chi connectivity index (χ4v) is 1.98. The van der Waals surface area contributed by atoms with Crippen LogP contribution in [0.25, 0.3) is 0 Å². The Balaban J connectivity index is 3.22. The smallest absolute Gasteiger partial charge is 0.207 e. The summed E-state index contributed by atoms with van der Waals surface area (Å²) >= 11 is 0. The lowest BCUT2D eigenvalue weighted by molar-refractivity contribution is -0.0658. The zero-order chi connectivity index (χ0) is 13.4. The Labute approximate surface area is 102 Å². The number of alkyl halides is 2. The zero-order valence-electron chi connectivity index (χ0n) is 11.2. The van der Waals surface area contributed by atoms with Gasteiger partial charge in [-0.3, -0.25) is 0 Å². The molecular formula is C14H21F3. The lowest BCUT2D eigenvalue weighted by Crippen LogP contribution is -2.37. The molecule has 0 aromatic rings. The van der Waals surface area contributed by atoms with Crippen LogP contribution in [0.1, 0.15) is 47.5 Å². The first-order valence-corrected chi connectivity index (χ1v) is 6.06. The number of halogens is 3. The van der Waals surface area contributed by atoms with E-state index in [1.54, 1.807) is 6.08 Å². The van der Waals surface area contributed by atoms with E-state index in [0.29, 0.717) is 12.0 Å². The first-order chi connectivity index (χ1) is 7.59. The van der Waals surface area contributed by atoms with Gasteiger partial charge in [0.2, 0.25) is 0 Å². The van der Waals surface area contributed by atoms with Crippen molar-refractivity contribution in [2.45, 2.75) is 53.4 Å². The van der Waals surface area contributed by atoms with Crippen molar-refractivity contribution in [1.82, 2.24) is 0 Å². The van der Waals surface area contributed by atoms with Crippen molar-refractivity contribution >= 4 is 0 Å². The topological polar surface area (TPSA) is 0 Å². The van der Waals surface area contributed by atoms with Crippen molar-refractivity contribution in [3.63, 3.8) is 0 Å². The molecule has 0 atom stereocenters. The summed E-state index contributed by atoms with van der Waals surface area (Å²) in [7, 11) is 0. The average Bonchev–Trinajstić information content (AvgIpc) is 2.15. The van der Waals surface area contributed by atoms with Crippen molar-refractivity contribution in [1.29, 1.82) is 0 Å². The molecule has 0 bridgehead atoms. The molecule has 0 saturated carbocycles. The van der Waals surface area contributed by atoms with Gasteiger partial charge in [0.1, 0.15) is 5.83 Å². The summed E-state index contributed by atoms with van der Waals surface area (Å²) in [5, 5.41) is 0. The molecule has 0 heterocycles. The third kappa shape index (κ3) is 2.58. The van der Waals surface area contributed by atoms with Gasteiger partial charge >= 0.3 is 0 Å². The molecule has 0 nitrogen and oxygen atoms in total. The van der Waals surface area contributed by atoms with Gasteiger partial charge in [0.05, 0.1) is 0 Å². The first-order valence-electron chi connectivity index (χ1n) is 6.06. The van der Waals surface area contributed by atoms with Crippen molar-refractivity contribution < 1.29 is 13.2 Å². The van der Waals surface area contributed by atoms with Gasteiger partial charge in [-0.05, 0) is 24.3 Å². The molecular weight excluding hydrogens is 225 g/mol. The van der Waals surface area contributed by atoms with Crippen LogP contribution in [0.15, 0.2) is 23.0 Å². The molecule has 98 valence electrons. The Hall–Kier alpha value is -0.730. The van der Waals surface area contributed by atoms with E-state index in [-0.39, 0.29) is 17.9 Å². The van der Waals surface area contributed by atoms with Gasteiger partial charge in [-0.25, -0.2) is 13.2 Å². The molecule has 0 aromatic carbocycles. The Bertz CT molecular complexity index is 354. The molecule has 1 rings (SSSR count). The maximum Gasteiger partial charge on any atom is 0.277 e. The lowest BCUT2D eigenvalue weighted by Gasteiger charge is -2.34. The summed E-state index contributed by atoms with van der Waals surface area (Å²) in [6, 6.07) is 0. The molecule has 0 aliphatic heterocycles. The summed E-state index contributed by atoms with van der Waals surface area (Å²) in [4.78, 5) is 0. The molecule has 0 amide bonds. The molecule has 0 spiro atoms. The van der Waals surface area contributed by atoms with Crippen LogP contribution in [0.4, 0.5) is 13.2 Å². The second kappa shape index (κ2) is 4.51. The molecule has 0 unspecified atom stereocenters. The highest BCUT2D eigenvalue weighted by Gasteiger charge is 2.48. The highest BCUT2D eigenvalue weighted by molar-refractivity contribution is 5.38. The molecule has 0 N–H and O–H groups in total. The minimum atomic E-state index is -3.09. The molecule has 17 heavy (non-hydrogen) atoms. The fraction of sp³-hybridized carbons (Fsp3) is 0.714. The predicted octanol–water partition coefficient (Wildman–Crippen LogP) is 5.27. The molecule has 1 aliphatic carbocycles. The minimum absolute atomic E-state index is 0.0546. The van der Waals surface area contributed by atoms with Gasteiger partial charge in [0.15, 0.2) is 0 Å². The Morgan fingerprint density at radius 3 is 2.12 bits per heavy atom. The number of allylic oxidation sites excluding steroid dienone is 4. The van der Waals surface area contributed by atoms with E-state index in [1.807, 2.05) is 13.8 Å². The van der Waals surface area contributed by atoms with Crippen molar-refractivity contribution in [2.75, 3.05) is 0 Å². The van der Waals surface area contributed by atoms with Gasteiger partial charge in [-0.2, -0.15) is 0 Å². The van der Waals surface area contributed by atoms with E-state index in [9.17, 15) is 13.2 Å². The molecule has 3 heteroatoms. The van der Waals surface area contributed by atoms with Crippen LogP contribution in [0, 0.1) is 11.3 Å². The highest BCUT2D eigenvalue weighted by atomic mass is 19.3. The maximum absolute atomic E-state index is 14.2. The molecule has 0 fully saturated rings. The molecule has 0 aromatic heterocycles. The van der Waals surface area contributed by atoms with Crippen LogP contribution in [0.3, 0.4) is 0 Å². The summed E-state index contributed by atoms with van der Waals surface area (Å²) in [6.07, 6.45) is 2.36. The zero-order valence-corrected chi connectivity index (χ0v) is 11.2. The van der Waals surface area contributed by atoms with E-state index >= 15 is 0 Å². The second-order valence-corrected chi connectivity index (χ2v) is 5.97. The van der Waals surface area contributed by atoms with Crippen LogP contribution in [0.2, 0.25) is 0 Å². The van der Waals surface area contributed by atoms with Crippen molar-refractivity contribution in [3.05, 3.63) is 23.0 Å². The minimum Gasteiger partial charge on any atom is -0.207 e. The SMILES string of the molecule is CC(C)C1=CCCC(C(F)(F)C(C)(C)C)=C1F. The predicted molar refractivity (Wildman–Crippen MR) is 64.7 cm³/mol. The van der Waals surface area contributed by atoms with E-state index in [2.05, 4.69) is 0 Å². The Kier molecular flexibility index (Phi) is 3.80. The van der Waals surface area contributed by atoms with E-state index in [0.717, 1.165) is 0 Å². The first kappa shape index (κ1) is 14.3. The van der Waals surface area contributed by atoms with Gasteiger partial charge in [0.25, 0.3) is 5.92 Å². The fourth-order valence-electron chi connectivity index (χ4n) is 1.98. The van der Waals surface area contributed by atoms with Crippen LogP contribution in [0.5, 0.6) is 0 Å². The number of hydrogen-bond donors (Lipinski definition) is 0. The largest absolute Gasteiger partial charge is 0.277 e. The average molecular weight is 246 g/mol. The lowest BCUT2D eigenvalue weighted by atomic mass is 9.78. The second-order valence-electron chi connectivity index (χ2n) is 5.97. The number of hydrogen-bond acceptors (Lipinski definition) is 0. The van der Waals surface area contributed by atoms with E-state index in [1.165, 1.54) is 20.8 Å². The van der Waals surface area contributed by atoms with Crippen LogP contribution < -0.4 is 0 Å². The van der Waals surface area contributed by atoms with Gasteiger partial charge in [0, 0.05) is 11.0 Å². The summed E-state index contributed by atoms with van der Waals surface area (Å²) in [5.41, 5.74) is -1.15. The maximum atomic E-state index is 14.2. The van der Waals surface area contributed by atoms with E-state index in [4.69, 9.17) is 0 Å². The van der Waals surface area contributed by atoms with Crippen LogP contribution in [-0.4, -0.2) is 5.92 Å². The molecule has 1 aliphatic rings. The summed E-state index contributed by atoms with van der Waals surface area (Å²) in [5.74, 6) is -3.84. The third-order valence-electron chi connectivity index (χ3n) is 3.22. The Morgan fingerprint density at radius 1 is 1.18 bits per heavy atom. The normalized spacial score (nSPS) is 18.8. The molecule has 0 radical (unpaired) electrons. The monoisotopic (exact) mass is 246 g/mol. The van der Waals surface area contributed by atoms with Crippen molar-refractivity contribution in [3.8, 4) is 0 Å². The van der Waals surface area contributed by atoms with Gasteiger partial charge in [-0.15, -0.1) is 0 Å². The third-order valence-corrected chi connectivity index (χ3v) is 3.22. The van der Waals surface area contributed by atoms with E-state index < -0.39 is 17.2 Å². The quantitative estimate of drug-likeness (QED) is 0.622. The summed E-state index contributed by atoms with van der Waals surface area (Å²) < 4.78 is 42.5. The van der Waals surface area contributed by atoms with Gasteiger partial charge < -0.3 is 0 Å². The molecule has 0 saturated heterocycles. The highest BCUT2D eigenvalue weighted by Crippen LogP contribution is 2.47. The van der Waals surface area contributed by atoms with Crippen LogP contribution in [-0.2, 0) is 0 Å². The van der Waals surface area contributed by atoms with Crippen LogP contribution >= 0.6 is 0 Å².